The van der Waals surface area contributed by atoms with E-state index in [0.717, 1.165) is 12.2 Å². The second-order valence-electron chi connectivity index (χ2n) is 6.18. The lowest BCUT2D eigenvalue weighted by atomic mass is 10.1. The number of hydrogen-bond acceptors (Lipinski definition) is 5. The van der Waals surface area contributed by atoms with Crippen molar-refractivity contribution >= 4 is 23.6 Å². The molecule has 0 aliphatic rings. The number of ether oxygens (including phenoxy) is 3. The van der Waals surface area contributed by atoms with Crippen LogP contribution < -0.4 is 24.8 Å². The van der Waals surface area contributed by atoms with Gasteiger partial charge in [-0.2, -0.15) is 0 Å². The highest BCUT2D eigenvalue weighted by molar-refractivity contribution is 6.08. The van der Waals surface area contributed by atoms with Crippen LogP contribution in [0.4, 0.5) is 5.69 Å². The van der Waals surface area contributed by atoms with Crippen LogP contribution in [0, 0.1) is 0 Å². The van der Waals surface area contributed by atoms with Gasteiger partial charge in [-0.15, -0.1) is 0 Å². The standard InChI is InChI=1S/C22H26N2O5/c1-5-12-29-18-9-7-17(8-10-18)24-22(26)19(23-15(2)25)13-16-6-11-20(27-3)21(14-16)28-4/h6-11,13-14H,5,12H2,1-4H3,(H,23,25)(H,24,26)/b19-13-. The molecule has 7 nitrogen and oxygen atoms in total. The Hall–Kier alpha value is -3.48. The summed E-state index contributed by atoms with van der Waals surface area (Å²) in [6.07, 6.45) is 2.48. The maximum Gasteiger partial charge on any atom is 0.272 e. The minimum Gasteiger partial charge on any atom is -0.494 e. The van der Waals surface area contributed by atoms with Crippen molar-refractivity contribution in [1.29, 1.82) is 0 Å². The molecule has 0 bridgehead atoms. The fourth-order valence-electron chi connectivity index (χ4n) is 2.51. The lowest BCUT2D eigenvalue weighted by molar-refractivity contribution is -0.120. The van der Waals surface area contributed by atoms with E-state index in [0.29, 0.717) is 29.4 Å². The van der Waals surface area contributed by atoms with E-state index in [1.807, 2.05) is 6.92 Å². The van der Waals surface area contributed by atoms with Crippen LogP contribution in [0.2, 0.25) is 0 Å². The molecule has 2 N–H and O–H groups in total. The molecule has 2 rings (SSSR count). The van der Waals surface area contributed by atoms with E-state index < -0.39 is 5.91 Å². The van der Waals surface area contributed by atoms with E-state index in [2.05, 4.69) is 10.6 Å². The average Bonchev–Trinajstić information content (AvgIpc) is 2.72. The minimum atomic E-state index is -0.447. The van der Waals surface area contributed by atoms with Gasteiger partial charge in [0.2, 0.25) is 5.91 Å². The number of amides is 2. The van der Waals surface area contributed by atoms with E-state index in [1.165, 1.54) is 14.0 Å². The Bertz CT molecular complexity index is 875. The molecule has 0 heterocycles. The highest BCUT2D eigenvalue weighted by Crippen LogP contribution is 2.28. The van der Waals surface area contributed by atoms with Gasteiger partial charge in [0, 0.05) is 12.6 Å². The number of hydrogen-bond donors (Lipinski definition) is 2. The molecule has 0 unspecified atom stereocenters. The summed E-state index contributed by atoms with van der Waals surface area (Å²) in [5, 5.41) is 5.34. The number of methoxy groups -OCH3 is 2. The smallest absolute Gasteiger partial charge is 0.272 e. The zero-order valence-electron chi connectivity index (χ0n) is 17.1. The highest BCUT2D eigenvalue weighted by Gasteiger charge is 2.13. The molecule has 7 heteroatoms. The zero-order chi connectivity index (χ0) is 21.2. The molecule has 2 aromatic rings. The van der Waals surface area contributed by atoms with Crippen molar-refractivity contribution in [2.24, 2.45) is 0 Å². The first-order valence-electron chi connectivity index (χ1n) is 9.22. The molecule has 0 aliphatic heterocycles. The van der Waals surface area contributed by atoms with Gasteiger partial charge in [-0.3, -0.25) is 9.59 Å². The average molecular weight is 398 g/mol. The summed E-state index contributed by atoms with van der Waals surface area (Å²) >= 11 is 0. The van der Waals surface area contributed by atoms with Crippen LogP contribution in [0.5, 0.6) is 17.2 Å². The number of anilines is 1. The molecule has 0 radical (unpaired) electrons. The molecular weight excluding hydrogens is 372 g/mol. The first kappa shape index (κ1) is 21.8. The fraction of sp³-hybridized carbons (Fsp3) is 0.273. The summed E-state index contributed by atoms with van der Waals surface area (Å²) in [5.41, 5.74) is 1.36. The third-order valence-corrected chi connectivity index (χ3v) is 3.86. The second-order valence-corrected chi connectivity index (χ2v) is 6.18. The largest absolute Gasteiger partial charge is 0.494 e. The van der Waals surface area contributed by atoms with Gasteiger partial charge in [0.1, 0.15) is 11.4 Å². The van der Waals surface area contributed by atoms with Crippen molar-refractivity contribution in [2.75, 3.05) is 26.1 Å². The molecule has 0 aliphatic carbocycles. The summed E-state index contributed by atoms with van der Waals surface area (Å²) < 4.78 is 16.0. The van der Waals surface area contributed by atoms with Crippen LogP contribution in [0.3, 0.4) is 0 Å². The molecule has 0 aromatic heterocycles. The Morgan fingerprint density at radius 3 is 2.28 bits per heavy atom. The Morgan fingerprint density at radius 2 is 1.69 bits per heavy atom. The first-order chi connectivity index (χ1) is 14.0. The lowest BCUT2D eigenvalue weighted by Gasteiger charge is -2.12. The Morgan fingerprint density at radius 1 is 1.00 bits per heavy atom. The van der Waals surface area contributed by atoms with Gasteiger partial charge in [0.25, 0.3) is 5.91 Å². The van der Waals surface area contributed by atoms with Crippen LogP contribution in [0.15, 0.2) is 48.2 Å². The number of nitrogens with one attached hydrogen (secondary N) is 2. The van der Waals surface area contributed by atoms with E-state index in [-0.39, 0.29) is 11.6 Å². The Labute approximate surface area is 170 Å². The van der Waals surface area contributed by atoms with Crippen molar-refractivity contribution in [1.82, 2.24) is 5.32 Å². The molecule has 0 saturated carbocycles. The van der Waals surface area contributed by atoms with Crippen molar-refractivity contribution in [3.63, 3.8) is 0 Å². The summed E-state index contributed by atoms with van der Waals surface area (Å²) in [4.78, 5) is 24.3. The van der Waals surface area contributed by atoms with Gasteiger partial charge in [-0.25, -0.2) is 0 Å². The molecule has 0 atom stereocenters. The predicted octanol–water partition coefficient (Wildman–Crippen LogP) is 3.61. The number of carbonyl (C=O) groups excluding carboxylic acids is 2. The van der Waals surface area contributed by atoms with Gasteiger partial charge in [-0.1, -0.05) is 13.0 Å². The van der Waals surface area contributed by atoms with Gasteiger partial charge in [0.15, 0.2) is 11.5 Å². The van der Waals surface area contributed by atoms with Gasteiger partial charge in [0.05, 0.1) is 20.8 Å². The van der Waals surface area contributed by atoms with Gasteiger partial charge < -0.3 is 24.8 Å². The molecule has 2 amide bonds. The summed E-state index contributed by atoms with van der Waals surface area (Å²) in [6, 6.07) is 12.2. The number of benzene rings is 2. The van der Waals surface area contributed by atoms with E-state index in [1.54, 1.807) is 55.7 Å². The van der Waals surface area contributed by atoms with Gasteiger partial charge in [-0.05, 0) is 54.5 Å². The van der Waals surface area contributed by atoms with Crippen molar-refractivity contribution in [3.05, 3.63) is 53.7 Å². The Kier molecular flexibility index (Phi) is 8.09. The fourth-order valence-corrected chi connectivity index (χ4v) is 2.51. The third kappa shape index (κ3) is 6.57. The summed E-state index contributed by atoms with van der Waals surface area (Å²) in [5.74, 6) is 1.02. The SMILES string of the molecule is CCCOc1ccc(NC(=O)/C(=C/c2ccc(OC)c(OC)c2)NC(C)=O)cc1. The highest BCUT2D eigenvalue weighted by atomic mass is 16.5. The van der Waals surface area contributed by atoms with Crippen LogP contribution in [-0.2, 0) is 9.59 Å². The van der Waals surface area contributed by atoms with Crippen molar-refractivity contribution < 1.29 is 23.8 Å². The summed E-state index contributed by atoms with van der Waals surface area (Å²) in [6.45, 7) is 4.00. The second kappa shape index (κ2) is 10.8. The molecule has 29 heavy (non-hydrogen) atoms. The molecule has 0 saturated heterocycles. The topological polar surface area (TPSA) is 85.9 Å². The summed E-state index contributed by atoms with van der Waals surface area (Å²) in [7, 11) is 3.07. The van der Waals surface area contributed by atoms with Crippen LogP contribution in [-0.4, -0.2) is 32.6 Å². The minimum absolute atomic E-state index is 0.107. The normalized spacial score (nSPS) is 10.8. The number of rotatable bonds is 9. The zero-order valence-corrected chi connectivity index (χ0v) is 17.1. The third-order valence-electron chi connectivity index (χ3n) is 3.86. The quantitative estimate of drug-likeness (QED) is 0.630. The van der Waals surface area contributed by atoms with E-state index in [9.17, 15) is 9.59 Å². The van der Waals surface area contributed by atoms with Crippen molar-refractivity contribution in [3.8, 4) is 17.2 Å². The van der Waals surface area contributed by atoms with Gasteiger partial charge >= 0.3 is 0 Å². The van der Waals surface area contributed by atoms with E-state index >= 15 is 0 Å². The molecule has 0 spiro atoms. The monoisotopic (exact) mass is 398 g/mol. The predicted molar refractivity (Wildman–Crippen MR) is 112 cm³/mol. The van der Waals surface area contributed by atoms with Crippen LogP contribution >= 0.6 is 0 Å². The van der Waals surface area contributed by atoms with Crippen molar-refractivity contribution in [2.45, 2.75) is 20.3 Å². The van der Waals surface area contributed by atoms with E-state index in [4.69, 9.17) is 14.2 Å². The molecule has 0 fully saturated rings. The first-order valence-corrected chi connectivity index (χ1v) is 9.22. The number of carbonyl (C=O) groups is 2. The molecule has 154 valence electrons. The maximum atomic E-state index is 12.7. The molecule has 2 aromatic carbocycles. The van der Waals surface area contributed by atoms with Crippen LogP contribution in [0.25, 0.3) is 6.08 Å². The molecular formula is C22H26N2O5. The van der Waals surface area contributed by atoms with Crippen LogP contribution in [0.1, 0.15) is 25.8 Å². The Balaban J connectivity index is 2.21. The maximum absolute atomic E-state index is 12.7. The lowest BCUT2D eigenvalue weighted by Crippen LogP contribution is -2.28.